The van der Waals surface area contributed by atoms with Crippen LogP contribution in [-0.4, -0.2) is 24.6 Å². The van der Waals surface area contributed by atoms with E-state index in [9.17, 15) is 9.90 Å². The molecule has 0 spiro atoms. The summed E-state index contributed by atoms with van der Waals surface area (Å²) in [5.41, 5.74) is 2.33. The van der Waals surface area contributed by atoms with Gasteiger partial charge in [0, 0.05) is 11.8 Å². The van der Waals surface area contributed by atoms with E-state index in [0.717, 1.165) is 24.2 Å². The molecule has 0 saturated heterocycles. The number of ether oxygens (including phenoxy) is 1. The van der Waals surface area contributed by atoms with Gasteiger partial charge in [0.25, 0.3) is 0 Å². The van der Waals surface area contributed by atoms with Crippen LogP contribution < -0.4 is 4.74 Å². The fourth-order valence-corrected chi connectivity index (χ4v) is 2.72. The van der Waals surface area contributed by atoms with Gasteiger partial charge in [-0.05, 0) is 42.5 Å². The molecule has 98 valence electrons. The molecular weight excluding hydrogens is 228 g/mol. The molecule has 18 heavy (non-hydrogen) atoms. The lowest BCUT2D eigenvalue weighted by Gasteiger charge is -2.17. The van der Waals surface area contributed by atoms with Crippen molar-refractivity contribution < 1.29 is 14.6 Å². The van der Waals surface area contributed by atoms with Gasteiger partial charge in [-0.2, -0.15) is 0 Å². The van der Waals surface area contributed by atoms with Gasteiger partial charge in [-0.15, -0.1) is 0 Å². The Kier molecular flexibility index (Phi) is 4.02. The van der Waals surface area contributed by atoms with Crippen molar-refractivity contribution in [1.82, 2.24) is 0 Å². The Morgan fingerprint density at radius 2 is 2.33 bits per heavy atom. The van der Waals surface area contributed by atoms with Crippen LogP contribution in [-0.2, 0) is 11.2 Å². The van der Waals surface area contributed by atoms with E-state index >= 15 is 0 Å². The first kappa shape index (κ1) is 13.1. The molecule has 0 aliphatic heterocycles. The molecule has 0 saturated carbocycles. The third kappa shape index (κ3) is 2.27. The van der Waals surface area contributed by atoms with E-state index in [2.05, 4.69) is 0 Å². The zero-order valence-electron chi connectivity index (χ0n) is 11.0. The van der Waals surface area contributed by atoms with Gasteiger partial charge in [0.15, 0.2) is 0 Å². The number of methoxy groups -OCH3 is 1. The molecule has 1 aliphatic rings. The molecule has 2 atom stereocenters. The summed E-state index contributed by atoms with van der Waals surface area (Å²) < 4.78 is 5.20. The molecule has 0 bridgehead atoms. The first-order chi connectivity index (χ1) is 8.71. The number of carbonyl (C=O) groups excluding carboxylic acids is 1. The highest BCUT2D eigenvalue weighted by molar-refractivity contribution is 5.89. The largest absolute Gasteiger partial charge is 0.497 e. The van der Waals surface area contributed by atoms with Crippen LogP contribution in [0.1, 0.15) is 36.8 Å². The average molecular weight is 248 g/mol. The highest BCUT2D eigenvalue weighted by Gasteiger charge is 2.32. The summed E-state index contributed by atoms with van der Waals surface area (Å²) >= 11 is 0. The Balaban J connectivity index is 2.23. The number of hydrogen-bond acceptors (Lipinski definition) is 3. The number of aliphatic hydroxyl groups excluding tert-OH is 1. The zero-order valence-corrected chi connectivity index (χ0v) is 11.0. The van der Waals surface area contributed by atoms with E-state index in [0.29, 0.717) is 6.42 Å². The monoisotopic (exact) mass is 248 g/mol. The van der Waals surface area contributed by atoms with Gasteiger partial charge >= 0.3 is 0 Å². The Bertz CT molecular complexity index is 435. The molecule has 1 aliphatic carbocycles. The molecule has 0 aromatic heterocycles. The lowest BCUT2D eigenvalue weighted by Crippen LogP contribution is -2.23. The Labute approximate surface area is 108 Å². The predicted molar refractivity (Wildman–Crippen MR) is 69.9 cm³/mol. The fourth-order valence-electron chi connectivity index (χ4n) is 2.72. The molecular formula is C15H20O3. The first-order valence-electron chi connectivity index (χ1n) is 6.52. The van der Waals surface area contributed by atoms with Crippen molar-refractivity contribution >= 4 is 5.78 Å². The molecule has 0 radical (unpaired) electrons. The van der Waals surface area contributed by atoms with Crippen LogP contribution in [0.3, 0.4) is 0 Å². The minimum atomic E-state index is -0.219. The molecule has 0 fully saturated rings. The van der Waals surface area contributed by atoms with E-state index in [1.54, 1.807) is 7.11 Å². The van der Waals surface area contributed by atoms with Crippen molar-refractivity contribution in [2.45, 2.75) is 32.1 Å². The Morgan fingerprint density at radius 3 is 2.94 bits per heavy atom. The minimum Gasteiger partial charge on any atom is -0.497 e. The van der Waals surface area contributed by atoms with E-state index in [-0.39, 0.29) is 24.2 Å². The third-order valence-electron chi connectivity index (χ3n) is 3.89. The molecule has 2 unspecified atom stereocenters. The van der Waals surface area contributed by atoms with Gasteiger partial charge in [-0.25, -0.2) is 0 Å². The minimum absolute atomic E-state index is 0.0389. The number of aliphatic hydroxyl groups is 1. The van der Waals surface area contributed by atoms with E-state index < -0.39 is 0 Å². The maximum Gasteiger partial charge on any atom is 0.145 e. The average Bonchev–Trinajstić information content (AvgIpc) is 2.82. The summed E-state index contributed by atoms with van der Waals surface area (Å²) in [6, 6.07) is 5.92. The summed E-state index contributed by atoms with van der Waals surface area (Å²) in [5.74, 6) is 0.769. The maximum atomic E-state index is 12.3. The summed E-state index contributed by atoms with van der Waals surface area (Å²) in [7, 11) is 1.65. The van der Waals surface area contributed by atoms with Gasteiger partial charge < -0.3 is 9.84 Å². The SMILES string of the molecule is CCC(CO)C(=O)C1CCc2cc(OC)ccc21. The van der Waals surface area contributed by atoms with Crippen LogP contribution in [0.25, 0.3) is 0 Å². The Morgan fingerprint density at radius 1 is 1.56 bits per heavy atom. The topological polar surface area (TPSA) is 46.5 Å². The predicted octanol–water partition coefficient (Wildman–Crippen LogP) is 2.31. The normalized spacial score (nSPS) is 19.4. The second-order valence-electron chi connectivity index (χ2n) is 4.85. The first-order valence-corrected chi connectivity index (χ1v) is 6.52. The van der Waals surface area contributed by atoms with Gasteiger partial charge in [-0.3, -0.25) is 4.79 Å². The van der Waals surface area contributed by atoms with Crippen LogP contribution in [0.15, 0.2) is 18.2 Å². The van der Waals surface area contributed by atoms with E-state index in [1.165, 1.54) is 5.56 Å². The van der Waals surface area contributed by atoms with Gasteiger partial charge in [0.1, 0.15) is 11.5 Å². The van der Waals surface area contributed by atoms with Crippen LogP contribution in [0.4, 0.5) is 0 Å². The van der Waals surface area contributed by atoms with Crippen LogP contribution in [0.2, 0.25) is 0 Å². The maximum absolute atomic E-state index is 12.3. The number of hydrogen-bond donors (Lipinski definition) is 1. The number of fused-ring (bicyclic) bond motifs is 1. The molecule has 1 aromatic rings. The Hall–Kier alpha value is -1.35. The molecule has 0 heterocycles. The van der Waals surface area contributed by atoms with Crippen LogP contribution >= 0.6 is 0 Å². The number of ketones is 1. The third-order valence-corrected chi connectivity index (χ3v) is 3.89. The second kappa shape index (κ2) is 5.53. The number of rotatable bonds is 5. The fraction of sp³-hybridized carbons (Fsp3) is 0.533. The highest BCUT2D eigenvalue weighted by atomic mass is 16.5. The summed E-state index contributed by atoms with van der Waals surface area (Å²) in [5, 5.41) is 9.25. The van der Waals surface area contributed by atoms with Crippen molar-refractivity contribution in [2.24, 2.45) is 5.92 Å². The molecule has 2 rings (SSSR count). The van der Waals surface area contributed by atoms with Gasteiger partial charge in [-0.1, -0.05) is 13.0 Å². The van der Waals surface area contributed by atoms with Crippen molar-refractivity contribution in [1.29, 1.82) is 0 Å². The highest BCUT2D eigenvalue weighted by Crippen LogP contribution is 2.37. The van der Waals surface area contributed by atoms with Gasteiger partial charge in [0.05, 0.1) is 13.7 Å². The summed E-state index contributed by atoms with van der Waals surface area (Å²) in [6.45, 7) is 1.90. The number of aryl methyl sites for hydroxylation is 1. The second-order valence-corrected chi connectivity index (χ2v) is 4.85. The zero-order chi connectivity index (χ0) is 13.1. The summed E-state index contributed by atoms with van der Waals surface area (Å²) in [4.78, 5) is 12.3. The van der Waals surface area contributed by atoms with Crippen molar-refractivity contribution in [2.75, 3.05) is 13.7 Å². The summed E-state index contributed by atoms with van der Waals surface area (Å²) in [6.07, 6.45) is 2.49. The van der Waals surface area contributed by atoms with Crippen molar-refractivity contribution in [3.63, 3.8) is 0 Å². The van der Waals surface area contributed by atoms with Crippen molar-refractivity contribution in [3.8, 4) is 5.75 Å². The number of benzene rings is 1. The molecule has 1 N–H and O–H groups in total. The van der Waals surface area contributed by atoms with E-state index in [1.807, 2.05) is 25.1 Å². The molecule has 3 nitrogen and oxygen atoms in total. The van der Waals surface area contributed by atoms with E-state index in [4.69, 9.17) is 4.74 Å². The lowest BCUT2D eigenvalue weighted by atomic mass is 9.87. The number of Topliss-reactive ketones (excluding diaryl/α,β-unsaturated/α-hetero) is 1. The van der Waals surface area contributed by atoms with Gasteiger partial charge in [0.2, 0.25) is 0 Å². The smallest absolute Gasteiger partial charge is 0.145 e. The van der Waals surface area contributed by atoms with Crippen LogP contribution in [0.5, 0.6) is 5.75 Å². The molecule has 0 amide bonds. The van der Waals surface area contributed by atoms with Crippen molar-refractivity contribution in [3.05, 3.63) is 29.3 Å². The lowest BCUT2D eigenvalue weighted by molar-refractivity contribution is -0.125. The number of carbonyl (C=O) groups is 1. The molecule has 3 heteroatoms. The molecule has 1 aromatic carbocycles. The standard InChI is InChI=1S/C15H20O3/c1-3-10(9-16)15(17)14-6-4-11-8-12(18-2)5-7-13(11)14/h5,7-8,10,14,16H,3-4,6,9H2,1-2H3. The van der Waals surface area contributed by atoms with Crippen LogP contribution in [0, 0.1) is 5.92 Å². The quantitative estimate of drug-likeness (QED) is 0.869.